The molecule has 0 saturated carbocycles. The number of halogens is 1. The van der Waals surface area contributed by atoms with Gasteiger partial charge in [0.15, 0.2) is 0 Å². The molecule has 0 atom stereocenters. The lowest BCUT2D eigenvalue weighted by Gasteiger charge is -2.26. The molecule has 1 aliphatic heterocycles. The highest BCUT2D eigenvalue weighted by Gasteiger charge is 2.17. The lowest BCUT2D eigenvalue weighted by molar-refractivity contribution is 0.0390. The normalized spacial score (nSPS) is 17.0. The Kier molecular flexibility index (Phi) is 5.65. The van der Waals surface area contributed by atoms with Gasteiger partial charge in [-0.3, -0.25) is 4.90 Å². The molecule has 21 heavy (non-hydrogen) atoms. The highest BCUT2D eigenvalue weighted by molar-refractivity contribution is 7.89. The summed E-state index contributed by atoms with van der Waals surface area (Å²) in [5, 5.41) is 0. The third kappa shape index (κ3) is 4.45. The summed E-state index contributed by atoms with van der Waals surface area (Å²) >= 11 is 0. The lowest BCUT2D eigenvalue weighted by atomic mass is 10.2. The van der Waals surface area contributed by atoms with Gasteiger partial charge in [0.2, 0.25) is 10.0 Å². The molecule has 0 spiro atoms. The highest BCUT2D eigenvalue weighted by atomic mass is 32.2. The first-order valence-electron chi connectivity index (χ1n) is 6.81. The average Bonchev–Trinajstić information content (AvgIpc) is 2.48. The number of hydrogen-bond donors (Lipinski definition) is 2. The van der Waals surface area contributed by atoms with Crippen molar-refractivity contribution in [2.75, 3.05) is 39.4 Å². The van der Waals surface area contributed by atoms with Crippen molar-refractivity contribution < 1.29 is 17.5 Å². The van der Waals surface area contributed by atoms with E-state index in [4.69, 9.17) is 10.5 Å². The van der Waals surface area contributed by atoms with Gasteiger partial charge in [-0.25, -0.2) is 17.5 Å². The number of ether oxygens (including phenoxy) is 1. The van der Waals surface area contributed by atoms with Gasteiger partial charge in [-0.1, -0.05) is 0 Å². The largest absolute Gasteiger partial charge is 0.379 e. The Hall–Kier alpha value is -1.06. The Bertz CT molecular complexity index is 574. The van der Waals surface area contributed by atoms with Crippen LogP contribution in [0.2, 0.25) is 0 Å². The van der Waals surface area contributed by atoms with E-state index < -0.39 is 15.8 Å². The summed E-state index contributed by atoms with van der Waals surface area (Å²) in [6.07, 6.45) is 0. The van der Waals surface area contributed by atoms with Gasteiger partial charge >= 0.3 is 0 Å². The first-order valence-corrected chi connectivity index (χ1v) is 8.29. The Morgan fingerprint density at radius 3 is 2.71 bits per heavy atom. The van der Waals surface area contributed by atoms with Crippen LogP contribution in [0, 0.1) is 5.82 Å². The van der Waals surface area contributed by atoms with Gasteiger partial charge in [0, 0.05) is 38.3 Å². The number of rotatable bonds is 6. The minimum Gasteiger partial charge on any atom is -0.379 e. The fraction of sp³-hybridized carbons (Fsp3) is 0.538. The summed E-state index contributed by atoms with van der Waals surface area (Å²) in [4.78, 5) is 2.16. The summed E-state index contributed by atoms with van der Waals surface area (Å²) < 4.78 is 45.4. The monoisotopic (exact) mass is 317 g/mol. The topological polar surface area (TPSA) is 84.7 Å². The molecule has 118 valence electrons. The minimum atomic E-state index is -3.64. The van der Waals surface area contributed by atoms with E-state index in [1.807, 2.05) is 0 Å². The van der Waals surface area contributed by atoms with Crippen molar-refractivity contribution in [3.05, 3.63) is 29.6 Å². The van der Waals surface area contributed by atoms with Gasteiger partial charge in [0.1, 0.15) is 5.82 Å². The van der Waals surface area contributed by atoms with Gasteiger partial charge in [-0.2, -0.15) is 0 Å². The summed E-state index contributed by atoms with van der Waals surface area (Å²) in [5.41, 5.74) is 5.57. The molecule has 1 aromatic carbocycles. The van der Waals surface area contributed by atoms with Crippen molar-refractivity contribution in [2.45, 2.75) is 11.4 Å². The van der Waals surface area contributed by atoms with Crippen molar-refractivity contribution in [2.24, 2.45) is 5.73 Å². The Morgan fingerprint density at radius 1 is 1.33 bits per heavy atom. The van der Waals surface area contributed by atoms with Crippen LogP contribution in [0.4, 0.5) is 4.39 Å². The molecule has 0 radical (unpaired) electrons. The summed E-state index contributed by atoms with van der Waals surface area (Å²) in [6.45, 7) is 3.83. The molecule has 1 saturated heterocycles. The predicted octanol–water partition coefficient (Wildman–Crippen LogP) is -0.105. The molecule has 1 aromatic rings. The Labute approximate surface area is 124 Å². The zero-order valence-electron chi connectivity index (χ0n) is 11.7. The predicted molar refractivity (Wildman–Crippen MR) is 76.7 cm³/mol. The molecule has 1 aliphatic rings. The Balaban J connectivity index is 1.94. The number of nitrogens with one attached hydrogen (secondary N) is 1. The van der Waals surface area contributed by atoms with Gasteiger partial charge in [0.05, 0.1) is 18.1 Å². The molecule has 0 amide bonds. The van der Waals surface area contributed by atoms with Crippen LogP contribution in [0.3, 0.4) is 0 Å². The second-order valence-corrected chi connectivity index (χ2v) is 6.58. The molecular formula is C13H20FN3O3S. The van der Waals surface area contributed by atoms with Crippen LogP contribution < -0.4 is 10.5 Å². The lowest BCUT2D eigenvalue weighted by Crippen LogP contribution is -2.41. The summed E-state index contributed by atoms with van der Waals surface area (Å²) in [5.74, 6) is -0.496. The fourth-order valence-corrected chi connectivity index (χ4v) is 3.19. The number of sulfonamides is 1. The maximum Gasteiger partial charge on any atom is 0.240 e. The van der Waals surface area contributed by atoms with E-state index in [0.717, 1.165) is 19.2 Å². The molecule has 2 rings (SSSR count). The van der Waals surface area contributed by atoms with Crippen LogP contribution in [0.15, 0.2) is 23.1 Å². The number of hydrogen-bond acceptors (Lipinski definition) is 5. The van der Waals surface area contributed by atoms with Crippen LogP contribution in [0.25, 0.3) is 0 Å². The third-order valence-corrected chi connectivity index (χ3v) is 4.83. The zero-order valence-corrected chi connectivity index (χ0v) is 12.5. The first-order chi connectivity index (χ1) is 10.0. The zero-order chi connectivity index (χ0) is 15.3. The van der Waals surface area contributed by atoms with Crippen LogP contribution in [-0.2, 0) is 21.3 Å². The van der Waals surface area contributed by atoms with Crippen molar-refractivity contribution in [3.63, 3.8) is 0 Å². The minimum absolute atomic E-state index is 0.0336. The second kappa shape index (κ2) is 7.28. The number of morpholine rings is 1. The van der Waals surface area contributed by atoms with Crippen molar-refractivity contribution in [1.29, 1.82) is 0 Å². The van der Waals surface area contributed by atoms with E-state index in [9.17, 15) is 12.8 Å². The standard InChI is InChI=1S/C13H20FN3O3S/c14-13-2-1-12(9-11(13)10-15)21(18,19)16-3-4-17-5-7-20-8-6-17/h1-2,9,16H,3-8,10,15H2. The van der Waals surface area contributed by atoms with Gasteiger partial charge in [-0.05, 0) is 18.2 Å². The average molecular weight is 317 g/mol. The first kappa shape index (κ1) is 16.3. The van der Waals surface area contributed by atoms with Crippen molar-refractivity contribution >= 4 is 10.0 Å². The van der Waals surface area contributed by atoms with Crippen LogP contribution in [0.5, 0.6) is 0 Å². The fourth-order valence-electron chi connectivity index (χ4n) is 2.12. The van der Waals surface area contributed by atoms with E-state index in [1.165, 1.54) is 12.1 Å². The number of nitrogens with two attached hydrogens (primary N) is 1. The van der Waals surface area contributed by atoms with Crippen molar-refractivity contribution in [1.82, 2.24) is 9.62 Å². The molecular weight excluding hydrogens is 297 g/mol. The van der Waals surface area contributed by atoms with E-state index in [2.05, 4.69) is 9.62 Å². The van der Waals surface area contributed by atoms with E-state index >= 15 is 0 Å². The SMILES string of the molecule is NCc1cc(S(=O)(=O)NCCN2CCOCC2)ccc1F. The molecule has 8 heteroatoms. The van der Waals surface area contributed by atoms with Gasteiger partial charge in [0.25, 0.3) is 0 Å². The number of nitrogens with zero attached hydrogens (tertiary/aromatic N) is 1. The summed E-state index contributed by atoms with van der Waals surface area (Å²) in [6, 6.07) is 3.64. The van der Waals surface area contributed by atoms with Gasteiger partial charge < -0.3 is 10.5 Å². The van der Waals surface area contributed by atoms with Crippen molar-refractivity contribution in [3.8, 4) is 0 Å². The van der Waals surface area contributed by atoms with Crippen LogP contribution in [-0.4, -0.2) is 52.7 Å². The maximum atomic E-state index is 13.3. The van der Waals surface area contributed by atoms with Crippen LogP contribution in [0.1, 0.15) is 5.56 Å². The third-order valence-electron chi connectivity index (χ3n) is 3.37. The van der Waals surface area contributed by atoms with E-state index in [0.29, 0.717) is 26.3 Å². The Morgan fingerprint density at radius 2 is 2.05 bits per heavy atom. The second-order valence-electron chi connectivity index (χ2n) is 4.81. The molecule has 0 aliphatic carbocycles. The molecule has 6 nitrogen and oxygen atoms in total. The molecule has 1 fully saturated rings. The van der Waals surface area contributed by atoms with E-state index in [1.54, 1.807) is 0 Å². The molecule has 1 heterocycles. The quantitative estimate of drug-likeness (QED) is 0.765. The smallest absolute Gasteiger partial charge is 0.240 e. The molecule has 0 bridgehead atoms. The molecule has 0 unspecified atom stereocenters. The number of benzene rings is 1. The molecule has 0 aromatic heterocycles. The van der Waals surface area contributed by atoms with Crippen LogP contribution >= 0.6 is 0 Å². The maximum absolute atomic E-state index is 13.3. The van der Waals surface area contributed by atoms with E-state index in [-0.39, 0.29) is 17.0 Å². The summed E-state index contributed by atoms with van der Waals surface area (Å²) in [7, 11) is -3.64. The van der Waals surface area contributed by atoms with Gasteiger partial charge in [-0.15, -0.1) is 0 Å². The molecule has 3 N–H and O–H groups in total. The highest BCUT2D eigenvalue weighted by Crippen LogP contribution is 2.14.